The van der Waals surface area contributed by atoms with Crippen molar-refractivity contribution in [2.45, 2.75) is 18.9 Å². The second kappa shape index (κ2) is 3.27. The van der Waals surface area contributed by atoms with E-state index in [1.807, 2.05) is 11.0 Å². The Morgan fingerprint density at radius 2 is 2.58 bits per heavy atom. The van der Waals surface area contributed by atoms with Crippen molar-refractivity contribution < 1.29 is 4.79 Å². The van der Waals surface area contributed by atoms with Gasteiger partial charge in [-0.15, -0.1) is 11.3 Å². The maximum atomic E-state index is 10.6. The molecule has 1 aliphatic rings. The number of nitrogens with zero attached hydrogens (tertiary/aromatic N) is 1. The fourth-order valence-corrected chi connectivity index (χ4v) is 2.58. The number of carbonyl (C=O) groups is 1. The summed E-state index contributed by atoms with van der Waals surface area (Å²) in [7, 11) is 0. The Kier molecular flexibility index (Phi) is 2.13. The van der Waals surface area contributed by atoms with Crippen molar-refractivity contribution in [3.63, 3.8) is 0 Å². The molecule has 2 nitrogen and oxygen atoms in total. The molecule has 0 saturated carbocycles. The van der Waals surface area contributed by atoms with Gasteiger partial charge in [0.1, 0.15) is 0 Å². The van der Waals surface area contributed by atoms with Gasteiger partial charge in [-0.3, -0.25) is 4.79 Å². The highest BCUT2D eigenvalue weighted by Crippen LogP contribution is 2.32. The topological polar surface area (TPSA) is 20.3 Å². The van der Waals surface area contributed by atoms with E-state index >= 15 is 0 Å². The van der Waals surface area contributed by atoms with Gasteiger partial charge in [-0.05, 0) is 24.3 Å². The Morgan fingerprint density at radius 1 is 1.67 bits per heavy atom. The zero-order valence-electron chi connectivity index (χ0n) is 6.77. The van der Waals surface area contributed by atoms with Crippen LogP contribution in [0, 0.1) is 0 Å². The van der Waals surface area contributed by atoms with Gasteiger partial charge in [-0.25, -0.2) is 0 Å². The van der Waals surface area contributed by atoms with E-state index in [4.69, 9.17) is 0 Å². The summed E-state index contributed by atoms with van der Waals surface area (Å²) in [6, 6.07) is 4.51. The number of carbonyl (C=O) groups excluding carboxylic acids is 1. The highest BCUT2D eigenvalue weighted by Gasteiger charge is 2.24. The molecule has 12 heavy (non-hydrogen) atoms. The zero-order valence-corrected chi connectivity index (χ0v) is 7.59. The van der Waals surface area contributed by atoms with E-state index in [-0.39, 0.29) is 0 Å². The fourth-order valence-electron chi connectivity index (χ4n) is 1.70. The van der Waals surface area contributed by atoms with Crippen LogP contribution in [-0.4, -0.2) is 17.9 Å². The lowest BCUT2D eigenvalue weighted by molar-refractivity contribution is -0.118. The van der Waals surface area contributed by atoms with Crippen LogP contribution in [-0.2, 0) is 4.79 Å². The van der Waals surface area contributed by atoms with Crippen molar-refractivity contribution in [2.24, 2.45) is 0 Å². The van der Waals surface area contributed by atoms with Crippen LogP contribution in [0.3, 0.4) is 0 Å². The zero-order chi connectivity index (χ0) is 8.39. The molecule has 2 heterocycles. The van der Waals surface area contributed by atoms with Crippen molar-refractivity contribution in [1.29, 1.82) is 0 Å². The van der Waals surface area contributed by atoms with Crippen LogP contribution in [0.25, 0.3) is 0 Å². The van der Waals surface area contributed by atoms with Crippen molar-refractivity contribution in [3.8, 4) is 0 Å². The molecule has 1 atom stereocenters. The van der Waals surface area contributed by atoms with Crippen LogP contribution in [0.15, 0.2) is 17.5 Å². The molecule has 1 amide bonds. The van der Waals surface area contributed by atoms with Gasteiger partial charge >= 0.3 is 0 Å². The summed E-state index contributed by atoms with van der Waals surface area (Å²) in [4.78, 5) is 13.9. The molecular formula is C9H11NOS. The number of thiophene rings is 1. The maximum absolute atomic E-state index is 10.6. The highest BCUT2D eigenvalue weighted by molar-refractivity contribution is 7.10. The van der Waals surface area contributed by atoms with E-state index in [0.29, 0.717) is 6.04 Å². The van der Waals surface area contributed by atoms with Crippen molar-refractivity contribution in [2.75, 3.05) is 6.54 Å². The third-order valence-corrected chi connectivity index (χ3v) is 3.27. The van der Waals surface area contributed by atoms with Gasteiger partial charge in [0, 0.05) is 11.4 Å². The van der Waals surface area contributed by atoms with Gasteiger partial charge in [0.25, 0.3) is 0 Å². The molecule has 1 aliphatic heterocycles. The normalized spacial score (nSPS) is 23.0. The van der Waals surface area contributed by atoms with Crippen LogP contribution in [0.2, 0.25) is 0 Å². The summed E-state index contributed by atoms with van der Waals surface area (Å²) >= 11 is 1.74. The molecule has 2 rings (SSSR count). The van der Waals surface area contributed by atoms with Gasteiger partial charge in [-0.2, -0.15) is 0 Å². The first kappa shape index (κ1) is 7.80. The first-order valence-corrected chi connectivity index (χ1v) is 5.04. The average Bonchev–Trinajstić information content (AvgIpc) is 2.74. The summed E-state index contributed by atoms with van der Waals surface area (Å²) in [6.07, 6.45) is 3.23. The Labute approximate surface area is 75.8 Å². The lowest BCUT2D eigenvalue weighted by atomic mass is 10.2. The Hall–Kier alpha value is -0.830. The second-order valence-electron chi connectivity index (χ2n) is 3.02. The van der Waals surface area contributed by atoms with Crippen molar-refractivity contribution in [1.82, 2.24) is 4.90 Å². The summed E-state index contributed by atoms with van der Waals surface area (Å²) in [6.45, 7) is 0.923. The first-order valence-electron chi connectivity index (χ1n) is 4.16. The summed E-state index contributed by atoms with van der Waals surface area (Å²) in [5.74, 6) is 0. The smallest absolute Gasteiger partial charge is 0.210 e. The molecule has 0 N–H and O–H groups in total. The SMILES string of the molecule is O=CN1CCCC1c1cccs1. The lowest BCUT2D eigenvalue weighted by Gasteiger charge is -2.17. The number of hydrogen-bond donors (Lipinski definition) is 0. The molecule has 0 spiro atoms. The number of likely N-dealkylation sites (tertiary alicyclic amines) is 1. The lowest BCUT2D eigenvalue weighted by Crippen LogP contribution is -2.20. The number of amides is 1. The van der Waals surface area contributed by atoms with Crippen molar-refractivity contribution in [3.05, 3.63) is 22.4 Å². The molecule has 1 aromatic rings. The molecule has 0 bridgehead atoms. The first-order chi connectivity index (χ1) is 5.92. The summed E-state index contributed by atoms with van der Waals surface area (Å²) < 4.78 is 0. The fraction of sp³-hybridized carbons (Fsp3) is 0.444. The molecule has 0 aliphatic carbocycles. The van der Waals surface area contributed by atoms with Crippen LogP contribution < -0.4 is 0 Å². The molecule has 1 saturated heterocycles. The van der Waals surface area contributed by atoms with E-state index in [1.54, 1.807) is 11.3 Å². The third kappa shape index (κ3) is 1.25. The van der Waals surface area contributed by atoms with E-state index in [0.717, 1.165) is 25.8 Å². The van der Waals surface area contributed by atoms with E-state index in [1.165, 1.54) is 4.88 Å². The van der Waals surface area contributed by atoms with E-state index in [2.05, 4.69) is 11.4 Å². The third-order valence-electron chi connectivity index (χ3n) is 2.30. The molecule has 1 fully saturated rings. The molecule has 1 aromatic heterocycles. The monoisotopic (exact) mass is 181 g/mol. The minimum absolute atomic E-state index is 0.363. The minimum Gasteiger partial charge on any atom is -0.337 e. The molecule has 0 radical (unpaired) electrons. The van der Waals surface area contributed by atoms with Gasteiger partial charge in [-0.1, -0.05) is 6.07 Å². The number of hydrogen-bond acceptors (Lipinski definition) is 2. The Morgan fingerprint density at radius 3 is 3.25 bits per heavy atom. The number of rotatable bonds is 2. The van der Waals surface area contributed by atoms with Gasteiger partial charge in [0.2, 0.25) is 6.41 Å². The van der Waals surface area contributed by atoms with Crippen LogP contribution in [0.5, 0.6) is 0 Å². The van der Waals surface area contributed by atoms with Crippen molar-refractivity contribution >= 4 is 17.7 Å². The van der Waals surface area contributed by atoms with E-state index < -0.39 is 0 Å². The highest BCUT2D eigenvalue weighted by atomic mass is 32.1. The second-order valence-corrected chi connectivity index (χ2v) is 4.00. The summed E-state index contributed by atoms with van der Waals surface area (Å²) in [5.41, 5.74) is 0. The molecular weight excluding hydrogens is 170 g/mol. The van der Waals surface area contributed by atoms with Crippen LogP contribution in [0.1, 0.15) is 23.8 Å². The van der Waals surface area contributed by atoms with E-state index in [9.17, 15) is 4.79 Å². The molecule has 64 valence electrons. The minimum atomic E-state index is 0.363. The predicted molar refractivity (Wildman–Crippen MR) is 49.1 cm³/mol. The van der Waals surface area contributed by atoms with Gasteiger partial charge < -0.3 is 4.90 Å². The molecule has 1 unspecified atom stereocenters. The molecule has 0 aromatic carbocycles. The largest absolute Gasteiger partial charge is 0.337 e. The van der Waals surface area contributed by atoms with Gasteiger partial charge in [0.15, 0.2) is 0 Å². The Bertz CT molecular complexity index is 258. The van der Waals surface area contributed by atoms with Gasteiger partial charge in [0.05, 0.1) is 6.04 Å². The average molecular weight is 181 g/mol. The maximum Gasteiger partial charge on any atom is 0.210 e. The predicted octanol–water partition coefficient (Wildman–Crippen LogP) is 2.04. The molecule has 3 heteroatoms. The Balaban J connectivity index is 2.18. The quantitative estimate of drug-likeness (QED) is 0.639. The van der Waals surface area contributed by atoms with Crippen LogP contribution in [0.4, 0.5) is 0 Å². The van der Waals surface area contributed by atoms with Crippen LogP contribution >= 0.6 is 11.3 Å². The standard InChI is InChI=1S/C9H11NOS/c11-7-10-5-1-3-8(10)9-4-2-6-12-9/h2,4,6-8H,1,3,5H2. The summed E-state index contributed by atoms with van der Waals surface area (Å²) in [5, 5.41) is 2.07.